The minimum atomic E-state index is -0.626. The van der Waals surface area contributed by atoms with E-state index in [1.54, 1.807) is 6.26 Å². The number of carboxylic acid groups (broad SMARTS) is 1. The molecule has 1 aromatic rings. The Kier molecular flexibility index (Phi) is 1.94. The lowest BCUT2D eigenvalue weighted by Crippen LogP contribution is -2.08. The Morgan fingerprint density at radius 3 is 3.19 bits per heavy atom. The van der Waals surface area contributed by atoms with Gasteiger partial charge >= 0.3 is 5.97 Å². The molecule has 0 spiro atoms. The molecule has 1 fully saturated rings. The van der Waals surface area contributed by atoms with Crippen molar-refractivity contribution in [1.29, 1.82) is 0 Å². The molecular formula is C13H16O3. The maximum atomic E-state index is 11.2. The normalized spacial score (nSPS) is 36.8. The summed E-state index contributed by atoms with van der Waals surface area (Å²) >= 11 is 0. The molecule has 1 N–H and O–H groups in total. The fourth-order valence-electron chi connectivity index (χ4n) is 3.44. The number of rotatable bonds is 1. The Hall–Kier alpha value is -1.25. The van der Waals surface area contributed by atoms with Gasteiger partial charge in [0, 0.05) is 6.42 Å². The molecule has 2 aliphatic carbocycles. The predicted molar refractivity (Wildman–Crippen MR) is 58.1 cm³/mol. The summed E-state index contributed by atoms with van der Waals surface area (Å²) in [6.45, 7) is 2.13. The average Bonchev–Trinajstić information content (AvgIpc) is 2.54. The molecule has 1 saturated carbocycles. The first-order valence-electron chi connectivity index (χ1n) is 5.91. The van der Waals surface area contributed by atoms with E-state index in [0.29, 0.717) is 5.92 Å². The first-order valence-corrected chi connectivity index (χ1v) is 5.91. The van der Waals surface area contributed by atoms with Crippen LogP contribution < -0.4 is 0 Å². The lowest BCUT2D eigenvalue weighted by Gasteiger charge is -2.14. The van der Waals surface area contributed by atoms with Gasteiger partial charge in [0.2, 0.25) is 0 Å². The van der Waals surface area contributed by atoms with Gasteiger partial charge in [0.15, 0.2) is 0 Å². The third-order valence-corrected chi connectivity index (χ3v) is 4.51. The van der Waals surface area contributed by atoms with E-state index in [1.165, 1.54) is 5.56 Å². The quantitative estimate of drug-likeness (QED) is 0.791. The fourth-order valence-corrected chi connectivity index (χ4v) is 3.44. The molecule has 0 bridgehead atoms. The highest BCUT2D eigenvalue weighted by atomic mass is 16.4. The fraction of sp³-hybridized carbons (Fsp3) is 0.615. The summed E-state index contributed by atoms with van der Waals surface area (Å²) in [7, 11) is 0. The van der Waals surface area contributed by atoms with Crippen LogP contribution in [0.3, 0.4) is 0 Å². The maximum Gasteiger partial charge on any atom is 0.307 e. The van der Waals surface area contributed by atoms with Gasteiger partial charge in [-0.3, -0.25) is 4.79 Å². The van der Waals surface area contributed by atoms with E-state index >= 15 is 0 Å². The van der Waals surface area contributed by atoms with Crippen molar-refractivity contribution < 1.29 is 14.3 Å². The minimum Gasteiger partial charge on any atom is -0.481 e. The van der Waals surface area contributed by atoms with Crippen LogP contribution in [0.15, 0.2) is 16.7 Å². The Balaban J connectivity index is 1.90. The zero-order valence-corrected chi connectivity index (χ0v) is 9.40. The highest BCUT2D eigenvalue weighted by Gasteiger charge is 2.64. The molecule has 86 valence electrons. The van der Waals surface area contributed by atoms with Gasteiger partial charge in [0.25, 0.3) is 0 Å². The van der Waals surface area contributed by atoms with E-state index in [-0.39, 0.29) is 11.3 Å². The van der Waals surface area contributed by atoms with Crippen LogP contribution >= 0.6 is 0 Å². The van der Waals surface area contributed by atoms with Crippen LogP contribution in [0.5, 0.6) is 0 Å². The molecule has 2 aliphatic rings. The smallest absolute Gasteiger partial charge is 0.307 e. The van der Waals surface area contributed by atoms with Crippen LogP contribution in [0.1, 0.15) is 31.1 Å². The predicted octanol–water partition coefficient (Wildman–Crippen LogP) is 2.50. The molecule has 3 rings (SSSR count). The largest absolute Gasteiger partial charge is 0.481 e. The summed E-state index contributed by atoms with van der Waals surface area (Å²) in [5.41, 5.74) is 1.25. The lowest BCUT2D eigenvalue weighted by molar-refractivity contribution is -0.139. The second kappa shape index (κ2) is 3.12. The molecule has 1 aromatic heterocycles. The number of aryl methyl sites for hydroxylation is 1. The van der Waals surface area contributed by atoms with Crippen LogP contribution in [-0.2, 0) is 17.6 Å². The van der Waals surface area contributed by atoms with Crippen molar-refractivity contribution in [2.45, 2.75) is 32.6 Å². The van der Waals surface area contributed by atoms with Crippen molar-refractivity contribution in [2.75, 3.05) is 0 Å². The SMILES string of the molecule is C[C@@]12CCCc3occc3C[C@@H]1[C@@H]2C(=O)O. The van der Waals surface area contributed by atoms with E-state index in [4.69, 9.17) is 4.42 Å². The highest BCUT2D eigenvalue weighted by molar-refractivity contribution is 5.75. The van der Waals surface area contributed by atoms with Gasteiger partial charge in [-0.1, -0.05) is 6.92 Å². The molecule has 0 aromatic carbocycles. The Labute approximate surface area is 94.5 Å². The Morgan fingerprint density at radius 2 is 2.44 bits per heavy atom. The van der Waals surface area contributed by atoms with Gasteiger partial charge < -0.3 is 9.52 Å². The van der Waals surface area contributed by atoms with Gasteiger partial charge in [-0.15, -0.1) is 0 Å². The molecule has 0 radical (unpaired) electrons. The van der Waals surface area contributed by atoms with Crippen LogP contribution in [0.25, 0.3) is 0 Å². The average molecular weight is 220 g/mol. The molecule has 0 aliphatic heterocycles. The van der Waals surface area contributed by atoms with Gasteiger partial charge in [0.05, 0.1) is 12.2 Å². The molecule has 0 amide bonds. The molecule has 16 heavy (non-hydrogen) atoms. The zero-order valence-electron chi connectivity index (χ0n) is 9.40. The van der Waals surface area contributed by atoms with Crippen molar-refractivity contribution >= 4 is 5.97 Å². The molecule has 3 heteroatoms. The molecule has 3 nitrogen and oxygen atoms in total. The van der Waals surface area contributed by atoms with Crippen LogP contribution in [0.2, 0.25) is 0 Å². The lowest BCUT2D eigenvalue weighted by atomic mass is 9.91. The van der Waals surface area contributed by atoms with Crippen LogP contribution in [0.4, 0.5) is 0 Å². The molecule has 0 saturated heterocycles. The van der Waals surface area contributed by atoms with E-state index in [0.717, 1.165) is 31.4 Å². The molecule has 1 heterocycles. The molecule has 0 unspecified atom stereocenters. The number of hydrogen-bond acceptors (Lipinski definition) is 2. The van der Waals surface area contributed by atoms with Gasteiger partial charge in [-0.05, 0) is 42.2 Å². The van der Waals surface area contributed by atoms with Crippen LogP contribution in [0, 0.1) is 17.3 Å². The summed E-state index contributed by atoms with van der Waals surface area (Å²) in [5.74, 6) is 0.604. The van der Waals surface area contributed by atoms with E-state index in [1.807, 2.05) is 6.07 Å². The number of aliphatic carboxylic acids is 1. The second-order valence-corrected chi connectivity index (χ2v) is 5.35. The van der Waals surface area contributed by atoms with Crippen molar-refractivity contribution in [3.8, 4) is 0 Å². The van der Waals surface area contributed by atoms with Crippen molar-refractivity contribution in [2.24, 2.45) is 17.3 Å². The second-order valence-electron chi connectivity index (χ2n) is 5.35. The summed E-state index contributed by atoms with van der Waals surface area (Å²) in [5, 5.41) is 9.21. The van der Waals surface area contributed by atoms with Crippen LogP contribution in [-0.4, -0.2) is 11.1 Å². The number of hydrogen-bond donors (Lipinski definition) is 1. The van der Waals surface area contributed by atoms with Gasteiger partial charge in [-0.25, -0.2) is 0 Å². The summed E-state index contributed by atoms with van der Waals surface area (Å²) < 4.78 is 5.44. The van der Waals surface area contributed by atoms with E-state index in [9.17, 15) is 9.90 Å². The monoisotopic (exact) mass is 220 g/mol. The van der Waals surface area contributed by atoms with E-state index in [2.05, 4.69) is 6.92 Å². The zero-order chi connectivity index (χ0) is 11.3. The summed E-state index contributed by atoms with van der Waals surface area (Å²) in [6.07, 6.45) is 5.60. The van der Waals surface area contributed by atoms with Crippen molar-refractivity contribution in [3.05, 3.63) is 23.7 Å². The minimum absolute atomic E-state index is 0.0286. The summed E-state index contributed by atoms with van der Waals surface area (Å²) in [4.78, 5) is 11.2. The number of furan rings is 1. The van der Waals surface area contributed by atoms with Crippen molar-refractivity contribution in [3.63, 3.8) is 0 Å². The number of carbonyl (C=O) groups is 1. The summed E-state index contributed by atoms with van der Waals surface area (Å²) in [6, 6.07) is 2.00. The van der Waals surface area contributed by atoms with Gasteiger partial charge in [0.1, 0.15) is 5.76 Å². The third-order valence-electron chi connectivity index (χ3n) is 4.51. The Morgan fingerprint density at radius 1 is 1.62 bits per heavy atom. The molecular weight excluding hydrogens is 204 g/mol. The Bertz CT molecular complexity index is 434. The van der Waals surface area contributed by atoms with Crippen molar-refractivity contribution in [1.82, 2.24) is 0 Å². The topological polar surface area (TPSA) is 50.4 Å². The first kappa shape index (κ1) is 9.94. The highest BCUT2D eigenvalue weighted by Crippen LogP contribution is 2.63. The maximum absolute atomic E-state index is 11.2. The third kappa shape index (κ3) is 1.24. The standard InChI is InChI=1S/C13H16O3/c1-13-5-2-3-10-8(4-6-16-10)7-9(13)11(13)12(14)15/h4,6,9,11H,2-3,5,7H2,1H3,(H,14,15)/t9-,11-,13-/m1/s1. The van der Waals surface area contributed by atoms with Gasteiger partial charge in [-0.2, -0.15) is 0 Å². The number of carboxylic acids is 1. The first-order chi connectivity index (χ1) is 7.63. The molecule has 3 atom stereocenters. The van der Waals surface area contributed by atoms with E-state index < -0.39 is 5.97 Å². The number of fused-ring (bicyclic) bond motifs is 2.